The standard InChI is InChI=1S/C9H10O/c1-2-4-8(5-3-1)9-6-7-10-9/h1-5,9H,6-7H2/t9-/m1/s1. The van der Waals surface area contributed by atoms with Gasteiger partial charge in [0.1, 0.15) is 0 Å². The van der Waals surface area contributed by atoms with Gasteiger partial charge < -0.3 is 4.74 Å². The number of ether oxygens (including phenoxy) is 1. The topological polar surface area (TPSA) is 9.23 Å². The van der Waals surface area contributed by atoms with Crippen LogP contribution in [0.5, 0.6) is 0 Å². The molecule has 0 bridgehead atoms. The minimum Gasteiger partial charge on any atom is -0.373 e. The predicted octanol–water partition coefficient (Wildman–Crippen LogP) is 2.15. The number of rotatable bonds is 1. The Kier molecular flexibility index (Phi) is 1.44. The molecule has 1 nitrogen and oxygen atoms in total. The van der Waals surface area contributed by atoms with E-state index in [-0.39, 0.29) is 0 Å². The van der Waals surface area contributed by atoms with E-state index >= 15 is 0 Å². The van der Waals surface area contributed by atoms with Crippen LogP contribution in [0.3, 0.4) is 0 Å². The Morgan fingerprint density at radius 2 is 1.90 bits per heavy atom. The first-order valence-corrected chi connectivity index (χ1v) is 3.63. The van der Waals surface area contributed by atoms with Crippen molar-refractivity contribution in [2.45, 2.75) is 12.5 Å². The van der Waals surface area contributed by atoms with Gasteiger partial charge in [0.05, 0.1) is 12.7 Å². The average molecular weight is 134 g/mol. The largest absolute Gasteiger partial charge is 0.373 e. The SMILES string of the molecule is c1ccc([C@H]2CCO2)cc1. The van der Waals surface area contributed by atoms with E-state index < -0.39 is 0 Å². The highest BCUT2D eigenvalue weighted by Crippen LogP contribution is 2.28. The summed E-state index contributed by atoms with van der Waals surface area (Å²) in [5.74, 6) is 0. The van der Waals surface area contributed by atoms with Gasteiger partial charge in [0.25, 0.3) is 0 Å². The zero-order chi connectivity index (χ0) is 6.81. The smallest absolute Gasteiger partial charge is 0.0846 e. The molecule has 1 aliphatic rings. The molecular formula is C9H10O. The number of hydrogen-bond acceptors (Lipinski definition) is 1. The van der Waals surface area contributed by atoms with Gasteiger partial charge in [-0.2, -0.15) is 0 Å². The van der Waals surface area contributed by atoms with Crippen molar-refractivity contribution < 1.29 is 4.74 Å². The summed E-state index contributed by atoms with van der Waals surface area (Å²) in [5.41, 5.74) is 1.31. The molecule has 1 fully saturated rings. The molecule has 1 saturated heterocycles. The first-order chi connectivity index (χ1) is 4.97. The molecule has 0 N–H and O–H groups in total. The summed E-state index contributed by atoms with van der Waals surface area (Å²) in [6.07, 6.45) is 1.57. The van der Waals surface area contributed by atoms with Crippen molar-refractivity contribution in [3.63, 3.8) is 0 Å². The molecular weight excluding hydrogens is 124 g/mol. The second-order valence-electron chi connectivity index (χ2n) is 2.56. The average Bonchev–Trinajstić information content (AvgIpc) is 1.86. The summed E-state index contributed by atoms with van der Waals surface area (Å²) < 4.78 is 5.32. The van der Waals surface area contributed by atoms with Crippen molar-refractivity contribution >= 4 is 0 Å². The van der Waals surface area contributed by atoms with Crippen LogP contribution in [0.1, 0.15) is 18.1 Å². The number of benzene rings is 1. The van der Waals surface area contributed by atoms with Crippen LogP contribution in [0, 0.1) is 0 Å². The predicted molar refractivity (Wildman–Crippen MR) is 39.8 cm³/mol. The van der Waals surface area contributed by atoms with Gasteiger partial charge in [0.2, 0.25) is 0 Å². The lowest BCUT2D eigenvalue weighted by Gasteiger charge is -2.26. The normalized spacial score (nSPS) is 23.8. The van der Waals surface area contributed by atoms with Crippen LogP contribution in [0.25, 0.3) is 0 Å². The molecule has 0 spiro atoms. The molecule has 1 aromatic rings. The zero-order valence-electron chi connectivity index (χ0n) is 5.79. The van der Waals surface area contributed by atoms with Gasteiger partial charge in [-0.3, -0.25) is 0 Å². The van der Waals surface area contributed by atoms with Gasteiger partial charge >= 0.3 is 0 Å². The summed E-state index contributed by atoms with van der Waals surface area (Å²) in [5, 5.41) is 0. The fourth-order valence-electron chi connectivity index (χ4n) is 1.17. The van der Waals surface area contributed by atoms with Crippen molar-refractivity contribution in [1.29, 1.82) is 0 Å². The van der Waals surface area contributed by atoms with E-state index in [1.54, 1.807) is 0 Å². The van der Waals surface area contributed by atoms with Crippen LogP contribution in [0.4, 0.5) is 0 Å². The Morgan fingerprint density at radius 3 is 2.40 bits per heavy atom. The van der Waals surface area contributed by atoms with E-state index in [9.17, 15) is 0 Å². The summed E-state index contributed by atoms with van der Waals surface area (Å²) >= 11 is 0. The van der Waals surface area contributed by atoms with Crippen LogP contribution < -0.4 is 0 Å². The van der Waals surface area contributed by atoms with Gasteiger partial charge in [-0.25, -0.2) is 0 Å². The lowest BCUT2D eigenvalue weighted by Crippen LogP contribution is -2.17. The maximum atomic E-state index is 5.32. The lowest BCUT2D eigenvalue weighted by atomic mass is 10.0. The summed E-state index contributed by atoms with van der Waals surface area (Å²) in [7, 11) is 0. The maximum absolute atomic E-state index is 5.32. The molecule has 0 unspecified atom stereocenters. The van der Waals surface area contributed by atoms with Gasteiger partial charge in [-0.15, -0.1) is 0 Å². The summed E-state index contributed by atoms with van der Waals surface area (Å²) in [6.45, 7) is 0.930. The maximum Gasteiger partial charge on any atom is 0.0846 e. The first-order valence-electron chi connectivity index (χ1n) is 3.63. The molecule has 10 heavy (non-hydrogen) atoms. The van der Waals surface area contributed by atoms with Gasteiger partial charge in [0, 0.05) is 6.42 Å². The third-order valence-corrected chi connectivity index (χ3v) is 1.87. The van der Waals surface area contributed by atoms with Crippen LogP contribution >= 0.6 is 0 Å². The second-order valence-corrected chi connectivity index (χ2v) is 2.56. The van der Waals surface area contributed by atoms with Crippen molar-refractivity contribution in [3.05, 3.63) is 35.9 Å². The minimum atomic E-state index is 0.390. The van der Waals surface area contributed by atoms with Crippen LogP contribution in [0.15, 0.2) is 30.3 Å². The van der Waals surface area contributed by atoms with Crippen LogP contribution in [0.2, 0.25) is 0 Å². The van der Waals surface area contributed by atoms with E-state index in [0.717, 1.165) is 6.61 Å². The lowest BCUT2D eigenvalue weighted by molar-refractivity contribution is -0.0527. The highest BCUT2D eigenvalue weighted by Gasteiger charge is 2.18. The van der Waals surface area contributed by atoms with Crippen molar-refractivity contribution in [2.24, 2.45) is 0 Å². The summed E-state index contributed by atoms with van der Waals surface area (Å²) in [4.78, 5) is 0. The molecule has 0 radical (unpaired) electrons. The third-order valence-electron chi connectivity index (χ3n) is 1.87. The van der Waals surface area contributed by atoms with Gasteiger partial charge in [-0.05, 0) is 5.56 Å². The Balaban J connectivity index is 2.18. The van der Waals surface area contributed by atoms with Crippen LogP contribution in [-0.2, 0) is 4.74 Å². The van der Waals surface area contributed by atoms with E-state index in [1.807, 2.05) is 6.07 Å². The Hall–Kier alpha value is -0.820. The Morgan fingerprint density at radius 1 is 1.20 bits per heavy atom. The Bertz CT molecular complexity index is 201. The molecule has 1 heteroatoms. The molecule has 52 valence electrons. The minimum absolute atomic E-state index is 0.390. The molecule has 1 heterocycles. The van der Waals surface area contributed by atoms with E-state index in [0.29, 0.717) is 6.10 Å². The molecule has 0 aliphatic carbocycles. The highest BCUT2D eigenvalue weighted by atomic mass is 16.5. The monoisotopic (exact) mass is 134 g/mol. The van der Waals surface area contributed by atoms with Crippen molar-refractivity contribution in [2.75, 3.05) is 6.61 Å². The van der Waals surface area contributed by atoms with Crippen molar-refractivity contribution in [3.8, 4) is 0 Å². The molecule has 0 aromatic heterocycles. The second kappa shape index (κ2) is 2.43. The molecule has 0 saturated carbocycles. The molecule has 0 amide bonds. The van der Waals surface area contributed by atoms with Crippen molar-refractivity contribution in [1.82, 2.24) is 0 Å². The molecule has 1 aromatic carbocycles. The summed E-state index contributed by atoms with van der Waals surface area (Å²) in [6, 6.07) is 10.4. The molecule has 2 rings (SSSR count). The fourth-order valence-corrected chi connectivity index (χ4v) is 1.17. The van der Waals surface area contributed by atoms with Gasteiger partial charge in [0.15, 0.2) is 0 Å². The zero-order valence-corrected chi connectivity index (χ0v) is 5.79. The highest BCUT2D eigenvalue weighted by molar-refractivity contribution is 5.18. The molecule has 1 atom stereocenters. The van der Waals surface area contributed by atoms with Crippen LogP contribution in [-0.4, -0.2) is 6.61 Å². The first kappa shape index (κ1) is 5.93. The quantitative estimate of drug-likeness (QED) is 0.571. The van der Waals surface area contributed by atoms with E-state index in [2.05, 4.69) is 24.3 Å². The molecule has 1 aliphatic heterocycles. The third kappa shape index (κ3) is 0.929. The van der Waals surface area contributed by atoms with Gasteiger partial charge in [-0.1, -0.05) is 30.3 Å². The number of hydrogen-bond donors (Lipinski definition) is 0. The van der Waals surface area contributed by atoms with E-state index in [4.69, 9.17) is 4.74 Å². The Labute approximate surface area is 60.6 Å². The van der Waals surface area contributed by atoms with E-state index in [1.165, 1.54) is 12.0 Å². The fraction of sp³-hybridized carbons (Fsp3) is 0.333.